The summed E-state index contributed by atoms with van der Waals surface area (Å²) in [6, 6.07) is 7.09. The van der Waals surface area contributed by atoms with Gasteiger partial charge in [0.05, 0.1) is 37.1 Å². The molecule has 0 radical (unpaired) electrons. The number of fused-ring (bicyclic) bond motifs is 5. The summed E-state index contributed by atoms with van der Waals surface area (Å²) in [5, 5.41) is 13.1. The highest BCUT2D eigenvalue weighted by molar-refractivity contribution is 6.90. The topological polar surface area (TPSA) is 108 Å². The molecule has 0 saturated heterocycles. The van der Waals surface area contributed by atoms with Crippen LogP contribution in [-0.2, 0) is 33.1 Å². The van der Waals surface area contributed by atoms with Crippen molar-refractivity contribution in [1.82, 2.24) is 9.55 Å². The van der Waals surface area contributed by atoms with Crippen LogP contribution in [0.1, 0.15) is 37.0 Å². The Labute approximate surface area is 197 Å². The van der Waals surface area contributed by atoms with Gasteiger partial charge in [-0.1, -0.05) is 26.6 Å². The molecule has 0 fully saturated rings. The van der Waals surface area contributed by atoms with Crippen molar-refractivity contribution in [2.75, 3.05) is 0 Å². The third-order valence-corrected chi connectivity index (χ3v) is 8.74. The summed E-state index contributed by atoms with van der Waals surface area (Å²) >= 11 is 0. The highest BCUT2D eigenvalue weighted by Crippen LogP contribution is 2.39. The molecule has 0 aliphatic carbocycles. The Kier molecular flexibility index (Phi) is 4.86. The molecule has 8 nitrogen and oxygen atoms in total. The summed E-state index contributed by atoms with van der Waals surface area (Å²) in [5.74, 6) is -0.682. The standard InChI is InChI=1S/C25H26N2O6Si/c1-6-25(31)18-10-20-21-16(11-27(20)23(29)17(18)12-32-24(25)30)22(34(3,4)5)15-9-14(33-13(2)28)7-8-19(15)26-21/h7-10,31H,6,11-12H2,1-5H3/t25-/m0/s1. The van der Waals surface area contributed by atoms with E-state index < -0.39 is 25.6 Å². The zero-order valence-corrected chi connectivity index (χ0v) is 20.8. The molecule has 3 aromatic rings. The molecule has 4 heterocycles. The molecule has 2 aromatic heterocycles. The van der Waals surface area contributed by atoms with Gasteiger partial charge in [0.25, 0.3) is 5.56 Å². The number of carbonyl (C=O) groups is 2. The predicted molar refractivity (Wildman–Crippen MR) is 129 cm³/mol. The number of hydrogen-bond acceptors (Lipinski definition) is 7. The predicted octanol–water partition coefficient (Wildman–Crippen LogP) is 2.55. The number of hydrogen-bond donors (Lipinski definition) is 1. The zero-order valence-electron chi connectivity index (χ0n) is 19.8. The first-order valence-electron chi connectivity index (χ1n) is 11.3. The Bertz CT molecular complexity index is 1470. The number of rotatable bonds is 3. The fourth-order valence-corrected chi connectivity index (χ4v) is 7.26. The number of esters is 2. The molecule has 0 unspecified atom stereocenters. The number of nitrogens with zero attached hydrogens (tertiary/aromatic N) is 2. The number of cyclic esters (lactones) is 1. The average molecular weight is 479 g/mol. The van der Waals surface area contributed by atoms with Gasteiger partial charge in [0.1, 0.15) is 12.4 Å². The van der Waals surface area contributed by atoms with E-state index in [-0.39, 0.29) is 18.6 Å². The van der Waals surface area contributed by atoms with Crippen LogP contribution in [-0.4, -0.2) is 34.7 Å². The number of benzene rings is 1. The number of pyridine rings is 2. The van der Waals surface area contributed by atoms with Gasteiger partial charge in [-0.2, -0.15) is 0 Å². The van der Waals surface area contributed by atoms with Crippen molar-refractivity contribution in [3.8, 4) is 17.1 Å². The van der Waals surface area contributed by atoms with Crippen molar-refractivity contribution in [3.63, 3.8) is 0 Å². The molecule has 0 spiro atoms. The quantitative estimate of drug-likeness (QED) is 0.274. The Morgan fingerprint density at radius 1 is 1.24 bits per heavy atom. The molecular weight excluding hydrogens is 452 g/mol. The summed E-state index contributed by atoms with van der Waals surface area (Å²) in [7, 11) is -1.98. The van der Waals surface area contributed by atoms with Crippen LogP contribution in [0.2, 0.25) is 19.6 Å². The van der Waals surface area contributed by atoms with E-state index in [0.717, 1.165) is 21.7 Å². The lowest BCUT2D eigenvalue weighted by molar-refractivity contribution is -0.172. The van der Waals surface area contributed by atoms with Gasteiger partial charge in [-0.05, 0) is 41.4 Å². The molecular formula is C25H26N2O6Si. The third-order valence-electron chi connectivity index (χ3n) is 6.67. The molecule has 2 aliphatic rings. The van der Waals surface area contributed by atoms with Crippen LogP contribution in [0.5, 0.6) is 5.75 Å². The van der Waals surface area contributed by atoms with E-state index in [2.05, 4.69) is 19.6 Å². The normalized spacial score (nSPS) is 18.8. The van der Waals surface area contributed by atoms with Crippen molar-refractivity contribution in [1.29, 1.82) is 0 Å². The molecule has 9 heteroatoms. The van der Waals surface area contributed by atoms with Crippen LogP contribution in [0, 0.1) is 0 Å². The minimum atomic E-state index is -1.98. The number of carbonyl (C=O) groups excluding carboxylic acids is 2. The molecule has 1 N–H and O–H groups in total. The van der Waals surface area contributed by atoms with Crippen LogP contribution in [0.4, 0.5) is 0 Å². The van der Waals surface area contributed by atoms with Crippen LogP contribution < -0.4 is 15.5 Å². The van der Waals surface area contributed by atoms with Crippen molar-refractivity contribution in [2.24, 2.45) is 0 Å². The van der Waals surface area contributed by atoms with E-state index >= 15 is 0 Å². The Balaban J connectivity index is 1.82. The summed E-state index contributed by atoms with van der Waals surface area (Å²) < 4.78 is 12.1. The van der Waals surface area contributed by atoms with Crippen molar-refractivity contribution in [3.05, 3.63) is 51.3 Å². The van der Waals surface area contributed by atoms with Gasteiger partial charge < -0.3 is 19.1 Å². The van der Waals surface area contributed by atoms with Crippen molar-refractivity contribution < 1.29 is 24.2 Å². The molecule has 2 aliphatic heterocycles. The smallest absolute Gasteiger partial charge is 0.343 e. The van der Waals surface area contributed by atoms with E-state index in [9.17, 15) is 19.5 Å². The van der Waals surface area contributed by atoms with Gasteiger partial charge in [0.2, 0.25) is 0 Å². The second kappa shape index (κ2) is 7.35. The maximum absolute atomic E-state index is 13.5. The van der Waals surface area contributed by atoms with Gasteiger partial charge >= 0.3 is 11.9 Å². The van der Waals surface area contributed by atoms with Crippen molar-refractivity contribution >= 4 is 36.1 Å². The van der Waals surface area contributed by atoms with Gasteiger partial charge in [-0.15, -0.1) is 0 Å². The SMILES string of the molecule is CC[C@@]1(O)C(=O)OCc2c1cc1n(c2=O)Cc2c-1nc1ccc(OC(C)=O)cc1c2[Si](C)(C)C. The minimum Gasteiger partial charge on any atom is -0.458 e. The van der Waals surface area contributed by atoms with Crippen LogP contribution in [0.25, 0.3) is 22.3 Å². The molecule has 0 bridgehead atoms. The molecule has 5 rings (SSSR count). The first-order chi connectivity index (χ1) is 16.0. The fourth-order valence-electron chi connectivity index (χ4n) is 5.14. The monoisotopic (exact) mass is 478 g/mol. The fraction of sp³-hybridized carbons (Fsp3) is 0.360. The number of ether oxygens (including phenoxy) is 2. The van der Waals surface area contributed by atoms with E-state index in [4.69, 9.17) is 14.5 Å². The second-order valence-corrected chi connectivity index (χ2v) is 14.9. The summed E-state index contributed by atoms with van der Waals surface area (Å²) in [6.07, 6.45) is 0.0960. The minimum absolute atomic E-state index is 0.0960. The molecule has 1 aromatic carbocycles. The summed E-state index contributed by atoms with van der Waals surface area (Å²) in [6.45, 7) is 9.90. The zero-order chi connectivity index (χ0) is 24.6. The maximum atomic E-state index is 13.5. The average Bonchev–Trinajstić information content (AvgIpc) is 3.12. The van der Waals surface area contributed by atoms with Crippen LogP contribution in [0.15, 0.2) is 29.1 Å². The molecule has 1 atom stereocenters. The second-order valence-electron chi connectivity index (χ2n) is 9.94. The lowest BCUT2D eigenvalue weighted by atomic mass is 9.86. The molecule has 34 heavy (non-hydrogen) atoms. The maximum Gasteiger partial charge on any atom is 0.343 e. The Hall–Kier alpha value is -3.30. The highest BCUT2D eigenvalue weighted by Gasteiger charge is 2.45. The summed E-state index contributed by atoms with van der Waals surface area (Å²) in [4.78, 5) is 42.3. The molecule has 176 valence electrons. The van der Waals surface area contributed by atoms with Gasteiger partial charge in [0, 0.05) is 17.9 Å². The third kappa shape index (κ3) is 3.14. The number of aromatic nitrogens is 2. The van der Waals surface area contributed by atoms with Gasteiger partial charge in [-0.3, -0.25) is 9.59 Å². The highest BCUT2D eigenvalue weighted by atomic mass is 28.3. The lowest BCUT2D eigenvalue weighted by Crippen LogP contribution is -2.44. The van der Waals surface area contributed by atoms with Gasteiger partial charge in [-0.25, -0.2) is 9.78 Å². The molecule has 0 amide bonds. The first kappa shape index (κ1) is 22.5. The summed E-state index contributed by atoms with van der Waals surface area (Å²) in [5.41, 5.74) is 1.43. The van der Waals surface area contributed by atoms with E-state index in [1.807, 2.05) is 12.1 Å². The van der Waals surface area contributed by atoms with E-state index in [0.29, 0.717) is 34.8 Å². The molecule has 0 saturated carbocycles. The Morgan fingerprint density at radius 2 is 1.97 bits per heavy atom. The first-order valence-corrected chi connectivity index (χ1v) is 14.8. The Morgan fingerprint density at radius 3 is 2.62 bits per heavy atom. The van der Waals surface area contributed by atoms with Gasteiger partial charge in [0.15, 0.2) is 5.60 Å². The largest absolute Gasteiger partial charge is 0.458 e. The van der Waals surface area contributed by atoms with Crippen molar-refractivity contribution in [2.45, 2.75) is 58.7 Å². The van der Waals surface area contributed by atoms with E-state index in [1.165, 1.54) is 6.92 Å². The van der Waals surface area contributed by atoms with E-state index in [1.54, 1.807) is 23.6 Å². The lowest BCUT2D eigenvalue weighted by Gasteiger charge is -2.31. The number of aliphatic hydroxyl groups is 1. The van der Waals surface area contributed by atoms with Crippen LogP contribution in [0.3, 0.4) is 0 Å². The van der Waals surface area contributed by atoms with Crippen LogP contribution >= 0.6 is 0 Å².